The minimum atomic E-state index is -1.40. The molecule has 0 heterocycles. The standard InChI is InChI=1S/C13H17FO2/c1-9(15)7-10-8-11(13(2,3)14)5-6-12(10)16-4/h5-6,8H,7H2,1-4H3. The summed E-state index contributed by atoms with van der Waals surface area (Å²) in [5.41, 5.74) is -0.111. The molecule has 0 spiro atoms. The second-order valence-electron chi connectivity index (χ2n) is 4.38. The van der Waals surface area contributed by atoms with E-state index in [1.807, 2.05) is 0 Å². The van der Waals surface area contributed by atoms with Gasteiger partial charge in [0.2, 0.25) is 0 Å². The Bertz CT molecular complexity index is 391. The van der Waals surface area contributed by atoms with Gasteiger partial charge in [-0.1, -0.05) is 6.07 Å². The van der Waals surface area contributed by atoms with Crippen LogP contribution in [0.3, 0.4) is 0 Å². The number of methoxy groups -OCH3 is 1. The second kappa shape index (κ2) is 4.64. The first-order chi connectivity index (χ1) is 7.34. The van der Waals surface area contributed by atoms with E-state index in [4.69, 9.17) is 4.74 Å². The predicted octanol–water partition coefficient (Wildman–Crippen LogP) is 3.03. The van der Waals surface area contributed by atoms with Gasteiger partial charge in [-0.25, -0.2) is 4.39 Å². The van der Waals surface area contributed by atoms with Gasteiger partial charge in [-0.3, -0.25) is 4.79 Å². The Balaban J connectivity index is 3.16. The van der Waals surface area contributed by atoms with E-state index in [0.29, 0.717) is 11.3 Å². The van der Waals surface area contributed by atoms with E-state index >= 15 is 0 Å². The third-order valence-electron chi connectivity index (χ3n) is 2.41. The number of rotatable bonds is 4. The fourth-order valence-corrected chi connectivity index (χ4v) is 1.55. The molecule has 0 saturated heterocycles. The summed E-state index contributed by atoms with van der Waals surface area (Å²) < 4.78 is 18.9. The summed E-state index contributed by atoms with van der Waals surface area (Å²) in [6.45, 7) is 4.49. The van der Waals surface area contributed by atoms with Crippen molar-refractivity contribution in [1.82, 2.24) is 0 Å². The van der Waals surface area contributed by atoms with Crippen LogP contribution in [0.2, 0.25) is 0 Å². The molecule has 0 N–H and O–H groups in total. The molecule has 1 aromatic carbocycles. The summed E-state index contributed by atoms with van der Waals surface area (Å²) in [5.74, 6) is 0.662. The van der Waals surface area contributed by atoms with Crippen molar-refractivity contribution in [1.29, 1.82) is 0 Å². The lowest BCUT2D eigenvalue weighted by Gasteiger charge is -2.17. The first-order valence-corrected chi connectivity index (χ1v) is 5.20. The molecule has 0 atom stereocenters. The van der Waals surface area contributed by atoms with Gasteiger partial charge < -0.3 is 4.74 Å². The van der Waals surface area contributed by atoms with Gasteiger partial charge in [-0.05, 0) is 38.5 Å². The molecule has 0 amide bonds. The monoisotopic (exact) mass is 224 g/mol. The van der Waals surface area contributed by atoms with Crippen molar-refractivity contribution < 1.29 is 13.9 Å². The lowest BCUT2D eigenvalue weighted by molar-refractivity contribution is -0.116. The molecule has 0 aromatic heterocycles. The Kier molecular flexibility index (Phi) is 3.68. The molecule has 2 nitrogen and oxygen atoms in total. The van der Waals surface area contributed by atoms with Gasteiger partial charge >= 0.3 is 0 Å². The van der Waals surface area contributed by atoms with Crippen molar-refractivity contribution in [3.8, 4) is 5.75 Å². The number of ether oxygens (including phenoxy) is 1. The minimum Gasteiger partial charge on any atom is -0.496 e. The number of carbonyl (C=O) groups excluding carboxylic acids is 1. The van der Waals surface area contributed by atoms with Gasteiger partial charge in [0.1, 0.15) is 17.2 Å². The fraction of sp³-hybridized carbons (Fsp3) is 0.462. The third-order valence-corrected chi connectivity index (χ3v) is 2.41. The van der Waals surface area contributed by atoms with E-state index in [0.717, 1.165) is 5.56 Å². The van der Waals surface area contributed by atoms with Gasteiger partial charge in [-0.2, -0.15) is 0 Å². The number of alkyl halides is 1. The van der Waals surface area contributed by atoms with Gasteiger partial charge in [0, 0.05) is 12.0 Å². The van der Waals surface area contributed by atoms with Crippen molar-refractivity contribution in [2.45, 2.75) is 32.9 Å². The molecule has 0 unspecified atom stereocenters. The molecule has 1 rings (SSSR count). The van der Waals surface area contributed by atoms with Crippen LogP contribution in [0.15, 0.2) is 18.2 Å². The molecular weight excluding hydrogens is 207 g/mol. The Morgan fingerprint density at radius 2 is 2.06 bits per heavy atom. The van der Waals surface area contributed by atoms with Crippen molar-refractivity contribution in [2.75, 3.05) is 7.11 Å². The van der Waals surface area contributed by atoms with Gasteiger partial charge in [0.25, 0.3) is 0 Å². The first-order valence-electron chi connectivity index (χ1n) is 5.20. The van der Waals surface area contributed by atoms with Crippen molar-refractivity contribution in [2.24, 2.45) is 0 Å². The Hall–Kier alpha value is -1.38. The summed E-state index contributed by atoms with van der Waals surface area (Å²) in [5, 5.41) is 0. The summed E-state index contributed by atoms with van der Waals surface area (Å²) in [6.07, 6.45) is 0.271. The van der Waals surface area contributed by atoms with Crippen LogP contribution < -0.4 is 4.74 Å². The number of Topliss-reactive ketones (excluding diaryl/α,β-unsaturated/α-hetero) is 1. The van der Waals surface area contributed by atoms with E-state index in [1.54, 1.807) is 25.3 Å². The summed E-state index contributed by atoms with van der Waals surface area (Å²) >= 11 is 0. The van der Waals surface area contributed by atoms with Crippen molar-refractivity contribution >= 4 is 5.78 Å². The Labute approximate surface area is 95.4 Å². The minimum absolute atomic E-state index is 0.0344. The maximum Gasteiger partial charge on any atom is 0.134 e. The topological polar surface area (TPSA) is 26.3 Å². The zero-order valence-electron chi connectivity index (χ0n) is 10.1. The van der Waals surface area contributed by atoms with E-state index in [1.165, 1.54) is 20.8 Å². The van der Waals surface area contributed by atoms with Crippen molar-refractivity contribution in [3.05, 3.63) is 29.3 Å². The average molecular weight is 224 g/mol. The number of benzene rings is 1. The molecule has 0 fully saturated rings. The molecule has 0 aliphatic rings. The molecular formula is C13H17FO2. The quantitative estimate of drug-likeness (QED) is 0.785. The molecule has 0 saturated carbocycles. The predicted molar refractivity (Wildman–Crippen MR) is 61.5 cm³/mol. The highest BCUT2D eigenvalue weighted by Gasteiger charge is 2.20. The highest BCUT2D eigenvalue weighted by molar-refractivity contribution is 5.79. The number of hydrogen-bond acceptors (Lipinski definition) is 2. The van der Waals surface area contributed by atoms with Crippen LogP contribution in [0, 0.1) is 0 Å². The third kappa shape index (κ3) is 3.05. The van der Waals surface area contributed by atoms with Gasteiger partial charge in [0.15, 0.2) is 0 Å². The SMILES string of the molecule is COc1ccc(C(C)(C)F)cc1CC(C)=O. The molecule has 16 heavy (non-hydrogen) atoms. The second-order valence-corrected chi connectivity index (χ2v) is 4.38. The highest BCUT2D eigenvalue weighted by Crippen LogP contribution is 2.29. The number of halogens is 1. The fourth-order valence-electron chi connectivity index (χ4n) is 1.55. The molecule has 3 heteroatoms. The first kappa shape index (κ1) is 12.7. The van der Waals surface area contributed by atoms with Crippen LogP contribution in [-0.4, -0.2) is 12.9 Å². The zero-order valence-corrected chi connectivity index (χ0v) is 10.1. The maximum absolute atomic E-state index is 13.7. The number of hydrogen-bond donors (Lipinski definition) is 0. The number of carbonyl (C=O) groups is 1. The Morgan fingerprint density at radius 3 is 2.50 bits per heavy atom. The van der Waals surface area contributed by atoms with E-state index in [2.05, 4.69) is 0 Å². The highest BCUT2D eigenvalue weighted by atomic mass is 19.1. The van der Waals surface area contributed by atoms with Gasteiger partial charge in [0.05, 0.1) is 7.11 Å². The van der Waals surface area contributed by atoms with E-state index in [9.17, 15) is 9.18 Å². The molecule has 88 valence electrons. The largest absolute Gasteiger partial charge is 0.496 e. The summed E-state index contributed by atoms with van der Waals surface area (Å²) in [6, 6.07) is 5.08. The maximum atomic E-state index is 13.7. The molecule has 0 aliphatic carbocycles. The molecule has 1 aromatic rings. The lowest BCUT2D eigenvalue weighted by atomic mass is 9.96. The normalized spacial score (nSPS) is 11.3. The van der Waals surface area contributed by atoms with Crippen LogP contribution >= 0.6 is 0 Å². The molecule has 0 aliphatic heterocycles. The zero-order chi connectivity index (χ0) is 12.3. The Morgan fingerprint density at radius 1 is 1.44 bits per heavy atom. The van der Waals surface area contributed by atoms with Crippen LogP contribution in [0.5, 0.6) is 5.75 Å². The molecule has 0 bridgehead atoms. The van der Waals surface area contributed by atoms with E-state index in [-0.39, 0.29) is 12.2 Å². The summed E-state index contributed by atoms with van der Waals surface area (Å²) in [4.78, 5) is 11.1. The van der Waals surface area contributed by atoms with Crippen LogP contribution in [0.25, 0.3) is 0 Å². The van der Waals surface area contributed by atoms with Crippen molar-refractivity contribution in [3.63, 3.8) is 0 Å². The van der Waals surface area contributed by atoms with E-state index < -0.39 is 5.67 Å². The molecule has 0 radical (unpaired) electrons. The summed E-state index contributed by atoms with van der Waals surface area (Å²) in [7, 11) is 1.54. The van der Waals surface area contributed by atoms with Crippen LogP contribution in [0.4, 0.5) is 4.39 Å². The average Bonchev–Trinajstić information content (AvgIpc) is 2.15. The lowest BCUT2D eigenvalue weighted by Crippen LogP contribution is -2.10. The van der Waals surface area contributed by atoms with Crippen LogP contribution in [0.1, 0.15) is 31.9 Å². The number of ketones is 1. The smallest absolute Gasteiger partial charge is 0.134 e. The van der Waals surface area contributed by atoms with Crippen LogP contribution in [-0.2, 0) is 16.9 Å². The van der Waals surface area contributed by atoms with Gasteiger partial charge in [-0.15, -0.1) is 0 Å².